The first kappa shape index (κ1) is 17.6. The molecular weight excluding hydrogens is 288 g/mol. The minimum atomic E-state index is -1.55. The highest BCUT2D eigenvalue weighted by molar-refractivity contribution is 6.71. The molecule has 1 aliphatic carbocycles. The van der Waals surface area contributed by atoms with Crippen molar-refractivity contribution in [2.24, 2.45) is 0 Å². The quantitative estimate of drug-likeness (QED) is 0.604. The maximum absolute atomic E-state index is 9.82. The van der Waals surface area contributed by atoms with Gasteiger partial charge in [-0.15, -0.1) is 0 Å². The number of rotatable bonds is 6. The molecular formula is C13H32O3Si3. The van der Waals surface area contributed by atoms with Crippen molar-refractivity contribution in [3.8, 4) is 0 Å². The minimum Gasteiger partial charge on any atom is -0.398 e. The van der Waals surface area contributed by atoms with Crippen molar-refractivity contribution in [1.82, 2.24) is 0 Å². The zero-order chi connectivity index (χ0) is 14.7. The minimum absolute atomic E-state index is 0.0774. The lowest BCUT2D eigenvalue weighted by molar-refractivity contribution is 0.0569. The van der Waals surface area contributed by atoms with E-state index in [0.29, 0.717) is 5.54 Å². The van der Waals surface area contributed by atoms with Crippen LogP contribution in [0.1, 0.15) is 25.7 Å². The van der Waals surface area contributed by atoms with Gasteiger partial charge in [0, 0.05) is 0 Å². The van der Waals surface area contributed by atoms with Crippen molar-refractivity contribution in [3.05, 3.63) is 0 Å². The molecule has 0 aliphatic heterocycles. The van der Waals surface area contributed by atoms with Gasteiger partial charge in [0.15, 0.2) is 16.6 Å². The van der Waals surface area contributed by atoms with Crippen molar-refractivity contribution in [3.63, 3.8) is 0 Å². The van der Waals surface area contributed by atoms with Crippen molar-refractivity contribution >= 4 is 26.2 Å². The summed E-state index contributed by atoms with van der Waals surface area (Å²) in [4.78, 5) is 0. The predicted molar refractivity (Wildman–Crippen MR) is 89.4 cm³/mol. The summed E-state index contributed by atoms with van der Waals surface area (Å²) >= 11 is 0. The van der Waals surface area contributed by atoms with E-state index >= 15 is 0 Å². The van der Waals surface area contributed by atoms with Crippen LogP contribution in [-0.4, -0.2) is 43.3 Å². The smallest absolute Gasteiger partial charge is 0.186 e. The van der Waals surface area contributed by atoms with Crippen LogP contribution < -0.4 is 0 Å². The van der Waals surface area contributed by atoms with Crippen molar-refractivity contribution in [2.75, 3.05) is 0 Å². The molecule has 114 valence electrons. The highest BCUT2D eigenvalue weighted by atomic mass is 28.4. The molecule has 1 N–H and O–H groups in total. The van der Waals surface area contributed by atoms with E-state index in [4.69, 9.17) is 8.85 Å². The summed E-state index contributed by atoms with van der Waals surface area (Å²) in [6, 6.07) is 0. The van der Waals surface area contributed by atoms with Crippen LogP contribution >= 0.6 is 0 Å². The van der Waals surface area contributed by atoms with E-state index in [0.717, 1.165) is 12.8 Å². The van der Waals surface area contributed by atoms with Crippen LogP contribution in [0.3, 0.4) is 0 Å². The molecule has 1 fully saturated rings. The average molecular weight is 321 g/mol. The van der Waals surface area contributed by atoms with Crippen molar-refractivity contribution in [1.29, 1.82) is 0 Å². The molecule has 1 rings (SSSR count). The van der Waals surface area contributed by atoms with Gasteiger partial charge in [0.2, 0.25) is 0 Å². The Kier molecular flexibility index (Phi) is 6.47. The molecule has 3 nitrogen and oxygen atoms in total. The first-order valence-electron chi connectivity index (χ1n) is 7.59. The molecule has 1 saturated carbocycles. The summed E-state index contributed by atoms with van der Waals surface area (Å²) in [7, 11) is -3.55. The summed E-state index contributed by atoms with van der Waals surface area (Å²) in [5, 5.41) is 9.82. The number of aliphatic hydroxyl groups excluding tert-OH is 1. The second-order valence-corrected chi connectivity index (χ2v) is 19.0. The van der Waals surface area contributed by atoms with E-state index in [1.807, 2.05) is 0 Å². The Morgan fingerprint density at radius 3 is 1.95 bits per heavy atom. The Morgan fingerprint density at radius 1 is 1.00 bits per heavy atom. The fourth-order valence-corrected chi connectivity index (χ4v) is 9.84. The predicted octanol–water partition coefficient (Wildman–Crippen LogP) is 2.87. The van der Waals surface area contributed by atoms with Gasteiger partial charge >= 0.3 is 0 Å². The molecule has 0 aromatic rings. The molecule has 0 aromatic heterocycles. The van der Waals surface area contributed by atoms with Gasteiger partial charge in [-0.25, -0.2) is 0 Å². The number of hydrogen-bond acceptors (Lipinski definition) is 3. The van der Waals surface area contributed by atoms with Gasteiger partial charge in [0.05, 0.1) is 15.6 Å². The van der Waals surface area contributed by atoms with E-state index < -0.39 is 26.2 Å². The van der Waals surface area contributed by atoms with Gasteiger partial charge in [-0.05, 0) is 57.7 Å². The normalized spacial score (nSPS) is 26.5. The largest absolute Gasteiger partial charge is 0.398 e. The maximum atomic E-state index is 9.82. The standard InChI is InChI=1S/C13H32O3Si3/c1-18(2,3)15-13(16-19(4,5)6)17-12-9-7-8-11(14)10-12/h11-14H,7-10,17H2,1-6H3. The van der Waals surface area contributed by atoms with Gasteiger partial charge in [-0.1, -0.05) is 12.8 Å². The highest BCUT2D eigenvalue weighted by Gasteiger charge is 2.31. The first-order chi connectivity index (χ1) is 8.55. The Bertz CT molecular complexity index is 257. The summed E-state index contributed by atoms with van der Waals surface area (Å²) in [6.07, 6.45) is 4.33. The van der Waals surface area contributed by atoms with Crippen LogP contribution in [0.25, 0.3) is 0 Å². The molecule has 0 spiro atoms. The Morgan fingerprint density at radius 2 is 1.53 bits per heavy atom. The topological polar surface area (TPSA) is 38.7 Å². The number of aliphatic hydroxyl groups is 1. The second-order valence-electron chi connectivity index (χ2n) is 7.81. The fourth-order valence-electron chi connectivity index (χ4n) is 2.66. The Balaban J connectivity index is 2.57. The SMILES string of the molecule is C[Si](C)(C)OC(O[Si](C)(C)C)[SiH2]C1CCCC(O)C1. The maximum Gasteiger partial charge on any atom is 0.186 e. The third-order valence-corrected chi connectivity index (χ3v) is 7.98. The third kappa shape index (κ3) is 8.41. The Hall–Kier alpha value is 0.531. The molecule has 0 amide bonds. The summed E-state index contributed by atoms with van der Waals surface area (Å²) in [6.45, 7) is 13.4. The molecule has 0 bridgehead atoms. The number of hydrogen-bond donors (Lipinski definition) is 1. The molecule has 2 unspecified atom stereocenters. The Labute approximate surface area is 123 Å². The van der Waals surface area contributed by atoms with E-state index in [1.54, 1.807) is 0 Å². The van der Waals surface area contributed by atoms with Gasteiger partial charge in [0.25, 0.3) is 0 Å². The van der Waals surface area contributed by atoms with Crippen LogP contribution in [0.5, 0.6) is 0 Å². The van der Waals surface area contributed by atoms with Crippen LogP contribution in [0.15, 0.2) is 0 Å². The van der Waals surface area contributed by atoms with Crippen LogP contribution in [0, 0.1) is 0 Å². The highest BCUT2D eigenvalue weighted by Crippen LogP contribution is 2.30. The summed E-state index contributed by atoms with van der Waals surface area (Å²) < 4.78 is 12.6. The van der Waals surface area contributed by atoms with E-state index in [2.05, 4.69) is 39.3 Å². The van der Waals surface area contributed by atoms with E-state index in [1.165, 1.54) is 12.8 Å². The zero-order valence-corrected chi connectivity index (χ0v) is 16.9. The van der Waals surface area contributed by atoms with Gasteiger partial charge in [-0.2, -0.15) is 0 Å². The molecule has 0 saturated heterocycles. The monoisotopic (exact) mass is 320 g/mol. The van der Waals surface area contributed by atoms with Crippen LogP contribution in [-0.2, 0) is 8.85 Å². The van der Waals surface area contributed by atoms with Gasteiger partial charge < -0.3 is 14.0 Å². The van der Waals surface area contributed by atoms with Crippen LogP contribution in [0.4, 0.5) is 0 Å². The molecule has 19 heavy (non-hydrogen) atoms. The molecule has 1 aliphatic rings. The second kappa shape index (κ2) is 7.00. The molecule has 2 atom stereocenters. The third-order valence-electron chi connectivity index (χ3n) is 3.25. The van der Waals surface area contributed by atoms with E-state index in [9.17, 15) is 5.11 Å². The molecule has 6 heteroatoms. The van der Waals surface area contributed by atoms with Crippen molar-refractivity contribution < 1.29 is 14.0 Å². The molecule has 0 radical (unpaired) electrons. The summed E-state index contributed by atoms with van der Waals surface area (Å²) in [5.74, 6) is 0.0774. The van der Waals surface area contributed by atoms with E-state index in [-0.39, 0.29) is 12.0 Å². The van der Waals surface area contributed by atoms with Crippen molar-refractivity contribution in [2.45, 2.75) is 82.5 Å². The molecule has 0 heterocycles. The first-order valence-corrected chi connectivity index (χ1v) is 16.0. The van der Waals surface area contributed by atoms with Gasteiger partial charge in [0.1, 0.15) is 5.91 Å². The fraction of sp³-hybridized carbons (Fsp3) is 1.00. The average Bonchev–Trinajstić information content (AvgIpc) is 2.11. The lowest BCUT2D eigenvalue weighted by Crippen LogP contribution is -2.44. The lowest BCUT2D eigenvalue weighted by atomic mass is 9.97. The van der Waals surface area contributed by atoms with Gasteiger partial charge in [-0.3, -0.25) is 0 Å². The van der Waals surface area contributed by atoms with Crippen LogP contribution in [0.2, 0.25) is 44.8 Å². The lowest BCUT2D eigenvalue weighted by Gasteiger charge is -2.35. The molecule has 0 aromatic carbocycles. The zero-order valence-electron chi connectivity index (χ0n) is 13.5. The summed E-state index contributed by atoms with van der Waals surface area (Å²) in [5.41, 5.74) is 0.696.